The highest BCUT2D eigenvalue weighted by molar-refractivity contribution is 7.17. The minimum atomic E-state index is -0.408. The molecule has 1 aromatic carbocycles. The van der Waals surface area contributed by atoms with Crippen LogP contribution < -0.4 is 29.7 Å². The Morgan fingerprint density at radius 3 is 2.38 bits per heavy atom. The number of methoxy groups -OCH3 is 3. The van der Waals surface area contributed by atoms with Crippen LogP contribution in [0.4, 0.5) is 22.7 Å². The van der Waals surface area contributed by atoms with Gasteiger partial charge in [0.2, 0.25) is 11.7 Å². The molecule has 1 saturated heterocycles. The van der Waals surface area contributed by atoms with Crippen molar-refractivity contribution in [2.45, 2.75) is 39.3 Å². The summed E-state index contributed by atoms with van der Waals surface area (Å²) in [6, 6.07) is 5.62. The number of benzene rings is 1. The van der Waals surface area contributed by atoms with Crippen LogP contribution in [0.3, 0.4) is 0 Å². The number of hydrogen-bond acceptors (Lipinski definition) is 13. The molecule has 4 rings (SSSR count). The molecule has 0 bridgehead atoms. The Kier molecular flexibility index (Phi) is 9.25. The van der Waals surface area contributed by atoms with E-state index in [-0.39, 0.29) is 12.7 Å². The summed E-state index contributed by atoms with van der Waals surface area (Å²) in [5.41, 5.74) is 1.47. The fourth-order valence-electron chi connectivity index (χ4n) is 4.20. The zero-order valence-electron chi connectivity index (χ0n) is 22.7. The first kappa shape index (κ1) is 28.2. The molecule has 12 nitrogen and oxygen atoms in total. The number of nitrogens with one attached hydrogen (secondary N) is 2. The molecule has 39 heavy (non-hydrogen) atoms. The average Bonchev–Trinajstić information content (AvgIpc) is 3.31. The van der Waals surface area contributed by atoms with E-state index in [2.05, 4.69) is 25.5 Å². The van der Waals surface area contributed by atoms with Crippen molar-refractivity contribution < 1.29 is 28.8 Å². The fraction of sp³-hybridized carbons (Fsp3) is 0.462. The number of carbonyl (C=O) groups excluding carboxylic acids is 1. The monoisotopic (exact) mass is 558 g/mol. The second-order valence-corrected chi connectivity index (χ2v) is 9.82. The minimum absolute atomic E-state index is 0.287. The molecular weight excluding hydrogens is 524 g/mol. The maximum atomic E-state index is 12.3. The number of ether oxygens (including phenoxy) is 4. The summed E-state index contributed by atoms with van der Waals surface area (Å²) >= 11 is 1.19. The fourth-order valence-corrected chi connectivity index (χ4v) is 5.05. The highest BCUT2D eigenvalue weighted by Gasteiger charge is 2.21. The lowest BCUT2D eigenvalue weighted by atomic mass is 10.1. The molecule has 0 spiro atoms. The van der Waals surface area contributed by atoms with Gasteiger partial charge in [-0.25, -0.2) is 9.78 Å². The zero-order valence-corrected chi connectivity index (χ0v) is 23.6. The average molecular weight is 559 g/mol. The van der Waals surface area contributed by atoms with E-state index in [0.717, 1.165) is 5.56 Å². The highest BCUT2D eigenvalue weighted by Crippen LogP contribution is 2.38. The standard InChI is InChI=1S/C26H34N6O6S/c1-6-38-24(34)23-15(2)28-26(39-23)31-25-29-20(13-21(30-25)32-9-7-17(33)8-10-32)27-14-16-11-18(35-3)22(37-5)19(12-16)36-4/h11-13,17,33H,6-10,14H2,1-5H3,(H2,27,28,29,30,31). The Morgan fingerprint density at radius 1 is 1.08 bits per heavy atom. The highest BCUT2D eigenvalue weighted by atomic mass is 32.1. The van der Waals surface area contributed by atoms with Crippen LogP contribution in [-0.2, 0) is 11.3 Å². The molecule has 3 heterocycles. The Balaban J connectivity index is 1.60. The second kappa shape index (κ2) is 12.8. The van der Waals surface area contributed by atoms with Crippen molar-refractivity contribution in [3.63, 3.8) is 0 Å². The first-order valence-electron chi connectivity index (χ1n) is 12.6. The number of aliphatic hydroxyl groups is 1. The van der Waals surface area contributed by atoms with E-state index in [0.29, 0.717) is 83.0 Å². The Hall–Kier alpha value is -3.84. The molecule has 210 valence electrons. The third kappa shape index (κ3) is 6.79. The van der Waals surface area contributed by atoms with Gasteiger partial charge >= 0.3 is 5.97 Å². The number of carbonyl (C=O) groups is 1. The third-order valence-electron chi connectivity index (χ3n) is 6.18. The van der Waals surface area contributed by atoms with Crippen molar-refractivity contribution in [2.24, 2.45) is 0 Å². The number of esters is 1. The molecule has 13 heteroatoms. The number of anilines is 4. The quantitative estimate of drug-likeness (QED) is 0.295. The molecule has 1 aliphatic heterocycles. The molecule has 0 saturated carbocycles. The molecule has 3 aromatic rings. The lowest BCUT2D eigenvalue weighted by Gasteiger charge is -2.30. The van der Waals surface area contributed by atoms with Crippen molar-refractivity contribution in [2.75, 3.05) is 56.6 Å². The van der Waals surface area contributed by atoms with Gasteiger partial charge in [-0.3, -0.25) is 5.32 Å². The Morgan fingerprint density at radius 2 is 1.77 bits per heavy atom. The molecule has 1 aliphatic rings. The number of rotatable bonds is 11. The van der Waals surface area contributed by atoms with Crippen LogP contribution >= 0.6 is 11.3 Å². The summed E-state index contributed by atoms with van der Waals surface area (Å²) in [5.74, 6) is 2.86. The van der Waals surface area contributed by atoms with Crippen LogP contribution in [0.1, 0.15) is 40.7 Å². The predicted molar refractivity (Wildman–Crippen MR) is 149 cm³/mol. The number of aromatic nitrogens is 3. The summed E-state index contributed by atoms with van der Waals surface area (Å²) in [7, 11) is 4.72. The summed E-state index contributed by atoms with van der Waals surface area (Å²) < 4.78 is 21.5. The molecule has 0 atom stereocenters. The maximum absolute atomic E-state index is 12.3. The Labute approximate surface area is 231 Å². The van der Waals surface area contributed by atoms with Crippen LogP contribution in [0.2, 0.25) is 0 Å². The number of aliphatic hydroxyl groups excluding tert-OH is 1. The smallest absolute Gasteiger partial charge is 0.350 e. The SMILES string of the molecule is CCOC(=O)c1sc(Nc2nc(NCc3cc(OC)c(OC)c(OC)c3)cc(N3CCC(O)CC3)n2)nc1C. The van der Waals surface area contributed by atoms with Gasteiger partial charge in [-0.2, -0.15) is 9.97 Å². The van der Waals surface area contributed by atoms with Crippen molar-refractivity contribution >= 4 is 40.0 Å². The van der Waals surface area contributed by atoms with E-state index in [1.54, 1.807) is 35.2 Å². The number of thiazole rings is 1. The molecule has 3 N–H and O–H groups in total. The molecular formula is C26H34N6O6S. The summed E-state index contributed by atoms with van der Waals surface area (Å²) in [6.45, 7) is 5.58. The van der Waals surface area contributed by atoms with Gasteiger partial charge in [0.1, 0.15) is 16.5 Å². The van der Waals surface area contributed by atoms with E-state index in [9.17, 15) is 9.90 Å². The predicted octanol–water partition coefficient (Wildman–Crippen LogP) is 3.76. The van der Waals surface area contributed by atoms with Gasteiger partial charge in [-0.1, -0.05) is 11.3 Å². The van der Waals surface area contributed by atoms with Crippen LogP contribution in [0.25, 0.3) is 0 Å². The number of hydrogen-bond donors (Lipinski definition) is 3. The molecule has 1 fully saturated rings. The number of nitrogens with zero attached hydrogens (tertiary/aromatic N) is 4. The maximum Gasteiger partial charge on any atom is 0.350 e. The lowest BCUT2D eigenvalue weighted by Crippen LogP contribution is -2.36. The van der Waals surface area contributed by atoms with E-state index in [4.69, 9.17) is 23.9 Å². The van der Waals surface area contributed by atoms with Gasteiger partial charge in [-0.05, 0) is 44.4 Å². The Bertz CT molecular complexity index is 1270. The number of aryl methyl sites for hydroxylation is 1. The molecule has 0 unspecified atom stereocenters. The molecule has 2 aromatic heterocycles. The molecule has 0 radical (unpaired) electrons. The zero-order chi connectivity index (χ0) is 27.9. The van der Waals surface area contributed by atoms with E-state index in [1.807, 2.05) is 18.2 Å². The summed E-state index contributed by atoms with van der Waals surface area (Å²) in [6.07, 6.45) is 1.02. The van der Waals surface area contributed by atoms with Crippen molar-refractivity contribution in [3.05, 3.63) is 34.3 Å². The van der Waals surface area contributed by atoms with E-state index in [1.165, 1.54) is 11.3 Å². The van der Waals surface area contributed by atoms with E-state index < -0.39 is 5.97 Å². The lowest BCUT2D eigenvalue weighted by molar-refractivity contribution is 0.0531. The second-order valence-electron chi connectivity index (χ2n) is 8.82. The first-order chi connectivity index (χ1) is 18.8. The first-order valence-corrected chi connectivity index (χ1v) is 13.4. The molecule has 0 amide bonds. The van der Waals surface area contributed by atoms with Gasteiger partial charge in [0, 0.05) is 25.7 Å². The van der Waals surface area contributed by atoms with Crippen LogP contribution in [0.15, 0.2) is 18.2 Å². The van der Waals surface area contributed by atoms with E-state index >= 15 is 0 Å². The minimum Gasteiger partial charge on any atom is -0.493 e. The number of piperidine rings is 1. The molecule has 0 aliphatic carbocycles. The van der Waals surface area contributed by atoms with Crippen LogP contribution in [-0.4, -0.2) is 73.2 Å². The van der Waals surface area contributed by atoms with Crippen molar-refractivity contribution in [3.8, 4) is 17.2 Å². The van der Waals surface area contributed by atoms with Gasteiger partial charge in [-0.15, -0.1) is 0 Å². The topological polar surface area (TPSA) is 140 Å². The van der Waals surface area contributed by atoms with Crippen LogP contribution in [0.5, 0.6) is 17.2 Å². The van der Waals surface area contributed by atoms with Crippen LogP contribution in [0, 0.1) is 6.92 Å². The van der Waals surface area contributed by atoms with Crippen molar-refractivity contribution in [1.82, 2.24) is 15.0 Å². The van der Waals surface area contributed by atoms with Gasteiger partial charge < -0.3 is 34.3 Å². The van der Waals surface area contributed by atoms with Gasteiger partial charge in [0.05, 0.1) is 39.7 Å². The summed E-state index contributed by atoms with van der Waals surface area (Å²) in [5, 5.41) is 17.0. The summed E-state index contributed by atoms with van der Waals surface area (Å²) in [4.78, 5) is 28.6. The largest absolute Gasteiger partial charge is 0.493 e. The normalized spacial score (nSPS) is 13.6. The van der Waals surface area contributed by atoms with Gasteiger partial charge in [0.15, 0.2) is 16.6 Å². The third-order valence-corrected chi connectivity index (χ3v) is 7.23. The van der Waals surface area contributed by atoms with Gasteiger partial charge in [0.25, 0.3) is 0 Å². The van der Waals surface area contributed by atoms with Crippen molar-refractivity contribution in [1.29, 1.82) is 0 Å².